The summed E-state index contributed by atoms with van der Waals surface area (Å²) in [6.45, 7) is 0. The van der Waals surface area contributed by atoms with Gasteiger partial charge in [0.15, 0.2) is 22.3 Å². The van der Waals surface area contributed by atoms with Gasteiger partial charge in [0.2, 0.25) is 17.5 Å². The van der Waals surface area contributed by atoms with E-state index in [0.29, 0.717) is 0 Å². The molecule has 0 aromatic heterocycles. The SMILES string of the molecule is O=S(=O)(Cl)c1c(F)c(F)c(F)c(F)c1OC(F)=C(F)C(F)(F)C(F)(F)C(F)(F)C(F)(F)C(F)(F)C(F)(F)C(F)(F)C(F)(F)F. The second-order valence-corrected chi connectivity index (χ2v) is 10.1. The van der Waals surface area contributed by atoms with E-state index in [2.05, 4.69) is 15.4 Å². The van der Waals surface area contributed by atoms with E-state index in [9.17, 15) is 109 Å². The molecule has 1 rings (SSSR count). The maximum Gasteiger partial charge on any atom is 0.460 e. The lowest BCUT2D eigenvalue weighted by atomic mass is 9.88. The van der Waals surface area contributed by atoms with Gasteiger partial charge in [-0.3, -0.25) is 0 Å². The summed E-state index contributed by atoms with van der Waals surface area (Å²) in [5, 5.41) is 0. The first-order valence-corrected chi connectivity index (χ1v) is 11.5. The lowest BCUT2D eigenvalue weighted by Crippen LogP contribution is -2.74. The molecule has 0 bridgehead atoms. The van der Waals surface area contributed by atoms with Crippen molar-refractivity contribution in [2.45, 2.75) is 52.5 Å². The molecular formula is C16ClF23O3S. The van der Waals surface area contributed by atoms with Gasteiger partial charge in [-0.1, -0.05) is 0 Å². The molecule has 28 heteroatoms. The van der Waals surface area contributed by atoms with Crippen LogP contribution in [0.5, 0.6) is 5.75 Å². The van der Waals surface area contributed by atoms with Gasteiger partial charge in [-0.05, 0) is 0 Å². The fourth-order valence-corrected chi connectivity index (χ4v) is 3.53. The molecular weight excluding hydrogens is 745 g/mol. The Labute approximate surface area is 228 Å². The number of hydrogen-bond acceptors (Lipinski definition) is 3. The van der Waals surface area contributed by atoms with Crippen molar-refractivity contribution in [3.8, 4) is 5.75 Å². The summed E-state index contributed by atoms with van der Waals surface area (Å²) < 4.78 is 331. The molecule has 0 fully saturated rings. The van der Waals surface area contributed by atoms with Crippen LogP contribution in [0.25, 0.3) is 0 Å². The minimum atomic E-state index is -9.22. The van der Waals surface area contributed by atoms with Crippen LogP contribution in [0.4, 0.5) is 101 Å². The minimum absolute atomic E-state index is 2.78. The summed E-state index contributed by atoms with van der Waals surface area (Å²) in [7, 11) is -1.80. The molecule has 0 saturated heterocycles. The molecule has 1 aromatic rings. The highest BCUT2D eigenvalue weighted by Gasteiger charge is 2.95. The highest BCUT2D eigenvalue weighted by atomic mass is 35.7. The third kappa shape index (κ3) is 5.33. The fraction of sp³-hybridized carbons (Fsp3) is 0.500. The molecule has 0 aliphatic rings. The molecule has 0 unspecified atom stereocenters. The van der Waals surface area contributed by atoms with Crippen molar-refractivity contribution in [2.24, 2.45) is 0 Å². The lowest BCUT2D eigenvalue weighted by molar-refractivity contribution is -0.460. The van der Waals surface area contributed by atoms with Gasteiger partial charge in [0, 0.05) is 10.7 Å². The molecule has 1 aromatic carbocycles. The zero-order chi connectivity index (χ0) is 35.8. The Hall–Kier alpha value is -2.61. The number of ether oxygens (including phenoxy) is 1. The van der Waals surface area contributed by atoms with Crippen molar-refractivity contribution in [3.05, 3.63) is 35.1 Å². The van der Waals surface area contributed by atoms with Crippen LogP contribution >= 0.6 is 10.7 Å². The van der Waals surface area contributed by atoms with Crippen molar-refractivity contribution in [3.63, 3.8) is 0 Å². The van der Waals surface area contributed by atoms with Gasteiger partial charge < -0.3 is 4.74 Å². The first-order chi connectivity index (χ1) is 18.9. The molecule has 0 aliphatic carbocycles. The zero-order valence-corrected chi connectivity index (χ0v) is 20.3. The maximum absolute atomic E-state index is 13.8. The normalized spacial score (nSPS) is 15.8. The molecule has 0 heterocycles. The molecule has 256 valence electrons. The molecule has 0 radical (unpaired) electrons. The molecule has 0 spiro atoms. The van der Waals surface area contributed by atoms with Gasteiger partial charge in [-0.2, -0.15) is 87.8 Å². The van der Waals surface area contributed by atoms with E-state index in [1.54, 1.807) is 0 Å². The van der Waals surface area contributed by atoms with E-state index in [1.165, 1.54) is 0 Å². The average Bonchev–Trinajstić information content (AvgIpc) is 2.82. The Kier molecular flexibility index (Phi) is 9.62. The Morgan fingerprint density at radius 2 is 0.841 bits per heavy atom. The van der Waals surface area contributed by atoms with Crippen LogP contribution in [0.15, 0.2) is 16.7 Å². The number of benzene rings is 1. The summed E-state index contributed by atoms with van der Waals surface area (Å²) in [5.74, 6) is -83.9. The van der Waals surface area contributed by atoms with Gasteiger partial charge in [-0.15, -0.1) is 0 Å². The summed E-state index contributed by atoms with van der Waals surface area (Å²) in [5.41, 5.74) is 0. The van der Waals surface area contributed by atoms with Crippen LogP contribution in [-0.2, 0) is 9.05 Å². The zero-order valence-electron chi connectivity index (χ0n) is 18.7. The Balaban J connectivity index is 3.93. The summed E-state index contributed by atoms with van der Waals surface area (Å²) in [6.07, 6.45) is -8.07. The standard InChI is InChI=1S/C16ClF23O3S/c17-44(41,42)6-4(21)2(19)1(18)3(20)5(6)43-8(23)7(22)9(24,25)10(26,27)11(28,29)12(30,31)13(32,33)14(34,35)15(36,37)16(38,39)40. The van der Waals surface area contributed by atoms with Crippen LogP contribution in [0.2, 0.25) is 0 Å². The van der Waals surface area contributed by atoms with Crippen molar-refractivity contribution in [2.75, 3.05) is 0 Å². The quantitative estimate of drug-likeness (QED) is 0.0793. The predicted octanol–water partition coefficient (Wildman–Crippen LogP) is 8.67. The number of alkyl halides is 17. The summed E-state index contributed by atoms with van der Waals surface area (Å²) >= 11 is 0. The van der Waals surface area contributed by atoms with Gasteiger partial charge >= 0.3 is 53.6 Å². The van der Waals surface area contributed by atoms with Crippen molar-refractivity contribution in [1.82, 2.24) is 0 Å². The number of rotatable bonds is 10. The van der Waals surface area contributed by atoms with Crippen LogP contribution < -0.4 is 4.74 Å². The lowest BCUT2D eigenvalue weighted by Gasteiger charge is -2.42. The van der Waals surface area contributed by atoms with E-state index < -0.39 is 102 Å². The third-order valence-electron chi connectivity index (χ3n) is 4.79. The van der Waals surface area contributed by atoms with Gasteiger partial charge in [0.25, 0.3) is 9.05 Å². The Morgan fingerprint density at radius 1 is 0.523 bits per heavy atom. The first kappa shape index (κ1) is 39.4. The summed E-state index contributed by atoms with van der Waals surface area (Å²) in [4.78, 5) is -3.04. The Morgan fingerprint density at radius 3 is 1.18 bits per heavy atom. The van der Waals surface area contributed by atoms with Gasteiger partial charge in [0.1, 0.15) is 0 Å². The highest BCUT2D eigenvalue weighted by Crippen LogP contribution is 2.64. The molecule has 44 heavy (non-hydrogen) atoms. The number of allylic oxidation sites excluding steroid dienone is 1. The van der Waals surface area contributed by atoms with Crippen molar-refractivity contribution in [1.29, 1.82) is 0 Å². The minimum Gasteiger partial charge on any atom is -0.425 e. The molecule has 0 N–H and O–H groups in total. The van der Waals surface area contributed by atoms with E-state index in [1.807, 2.05) is 0 Å². The second-order valence-electron chi connectivity index (χ2n) is 7.56. The number of hydrogen-bond donors (Lipinski definition) is 0. The topological polar surface area (TPSA) is 43.4 Å². The van der Waals surface area contributed by atoms with Crippen molar-refractivity contribution >= 4 is 19.7 Å². The molecule has 0 aliphatic heterocycles. The molecule has 0 amide bonds. The number of halogens is 24. The molecule has 0 saturated carbocycles. The van der Waals surface area contributed by atoms with E-state index in [4.69, 9.17) is 0 Å². The van der Waals surface area contributed by atoms with Crippen LogP contribution in [0.3, 0.4) is 0 Å². The smallest absolute Gasteiger partial charge is 0.425 e. The van der Waals surface area contributed by atoms with Gasteiger partial charge in [-0.25, -0.2) is 21.6 Å². The molecule has 0 atom stereocenters. The van der Waals surface area contributed by atoms with E-state index >= 15 is 0 Å². The third-order valence-corrected chi connectivity index (χ3v) is 6.10. The fourth-order valence-electron chi connectivity index (χ4n) is 2.46. The average molecular weight is 745 g/mol. The second kappa shape index (κ2) is 10.7. The predicted molar refractivity (Wildman–Crippen MR) is 89.9 cm³/mol. The molecule has 3 nitrogen and oxygen atoms in total. The Bertz CT molecular complexity index is 1440. The van der Waals surface area contributed by atoms with Crippen LogP contribution in [-0.4, -0.2) is 56.1 Å². The first-order valence-electron chi connectivity index (χ1n) is 9.20. The maximum atomic E-state index is 13.8. The largest absolute Gasteiger partial charge is 0.460 e. The van der Waals surface area contributed by atoms with E-state index in [-0.39, 0.29) is 0 Å². The highest BCUT2D eigenvalue weighted by molar-refractivity contribution is 8.13. The monoisotopic (exact) mass is 744 g/mol. The van der Waals surface area contributed by atoms with Crippen LogP contribution in [0, 0.1) is 23.3 Å². The van der Waals surface area contributed by atoms with Crippen molar-refractivity contribution < 1.29 is 114 Å². The van der Waals surface area contributed by atoms with Crippen LogP contribution in [0.1, 0.15) is 0 Å². The van der Waals surface area contributed by atoms with E-state index in [0.717, 1.165) is 0 Å². The summed E-state index contributed by atoms with van der Waals surface area (Å²) in [6, 6.07) is -4.57. The van der Waals surface area contributed by atoms with Gasteiger partial charge in [0.05, 0.1) is 0 Å².